The minimum Gasteiger partial charge on any atom is -0.462 e. The third-order valence-electron chi connectivity index (χ3n) is 11.4. The number of Topliss-reactive ketones (excluding diaryl/α,β-unsaturated/α-hetero) is 1. The molecule has 1 heterocycles. The Kier molecular flexibility index (Phi) is 36.2. The van der Waals surface area contributed by atoms with Gasteiger partial charge in [0.1, 0.15) is 19.0 Å². The number of carbonyl (C=O) groups is 4. The number of cyclic esters (lactones) is 2. The molecule has 1 atom stereocenters. The fourth-order valence-corrected chi connectivity index (χ4v) is 7.59. The molecule has 0 aromatic rings. The summed E-state index contributed by atoms with van der Waals surface area (Å²) in [5.74, 6) is -1.34. The van der Waals surface area contributed by atoms with Crippen molar-refractivity contribution < 1.29 is 33.4 Å². The van der Waals surface area contributed by atoms with Gasteiger partial charge >= 0.3 is 17.9 Å². The van der Waals surface area contributed by atoms with E-state index < -0.39 is 12.1 Å². The van der Waals surface area contributed by atoms with Crippen molar-refractivity contribution >= 4 is 23.7 Å². The Morgan fingerprint density at radius 2 is 0.764 bits per heavy atom. The Morgan fingerprint density at radius 3 is 1.07 bits per heavy atom. The maximum atomic E-state index is 12.7. The smallest absolute Gasteiger partial charge is 0.306 e. The Balaban J connectivity index is 2.41. The molecule has 0 spiro atoms. The summed E-state index contributed by atoms with van der Waals surface area (Å²) < 4.78 is 16.4. The third-order valence-corrected chi connectivity index (χ3v) is 11.4. The summed E-state index contributed by atoms with van der Waals surface area (Å²) in [6.45, 7) is 3.28. The number of ether oxygens (including phenoxy) is 3. The molecule has 0 aromatic carbocycles. The quantitative estimate of drug-likeness (QED) is 0.196. The van der Waals surface area contributed by atoms with Crippen molar-refractivity contribution in [1.82, 2.24) is 0 Å². The van der Waals surface area contributed by atoms with E-state index in [1.165, 1.54) is 180 Å². The number of ketones is 1. The van der Waals surface area contributed by atoms with Crippen LogP contribution in [0.2, 0.25) is 0 Å². The molecule has 1 saturated heterocycles. The van der Waals surface area contributed by atoms with Crippen LogP contribution in [-0.2, 0) is 33.4 Å². The Bertz CT molecular complexity index is 916. The maximum Gasteiger partial charge on any atom is 0.306 e. The fourth-order valence-electron chi connectivity index (χ4n) is 7.59. The minimum atomic E-state index is -0.851. The summed E-state index contributed by atoms with van der Waals surface area (Å²) in [6.07, 6.45) is 44.1. The lowest BCUT2D eigenvalue weighted by atomic mass is 10.0. The molecule has 7 nitrogen and oxygen atoms in total. The van der Waals surface area contributed by atoms with Crippen molar-refractivity contribution in [1.29, 1.82) is 0 Å². The Labute approximate surface area is 339 Å². The lowest BCUT2D eigenvalue weighted by Gasteiger charge is -2.18. The summed E-state index contributed by atoms with van der Waals surface area (Å²) >= 11 is 0. The average Bonchev–Trinajstić information content (AvgIpc) is 3.17. The molecule has 55 heavy (non-hydrogen) atoms. The second-order valence-electron chi connectivity index (χ2n) is 17.1. The van der Waals surface area contributed by atoms with Crippen LogP contribution in [0.25, 0.3) is 0 Å². The van der Waals surface area contributed by atoms with Gasteiger partial charge in [-0.25, -0.2) is 0 Å². The van der Waals surface area contributed by atoms with Crippen LogP contribution in [0.15, 0.2) is 0 Å². The van der Waals surface area contributed by atoms with E-state index in [-0.39, 0.29) is 49.7 Å². The molecule has 0 aromatic heterocycles. The van der Waals surface area contributed by atoms with Crippen LogP contribution >= 0.6 is 0 Å². The molecule has 322 valence electrons. The standard InChI is InChI=1S/C48H88O7/c1-43(2)45(49)39-40-47(51)54-42-44-41-53-46(50)37-35-33-31-29-27-25-23-21-19-17-15-13-11-9-7-5-3-4-6-8-10-12-14-16-18-20-22-24-26-28-30-32-34-36-38-48(52)55-44/h43-44H,3-42H2,1-2H3/t44-/m1/s1. The zero-order valence-corrected chi connectivity index (χ0v) is 36.3. The van der Waals surface area contributed by atoms with Gasteiger partial charge in [0.15, 0.2) is 6.10 Å². The molecule has 0 bridgehead atoms. The first-order valence-electron chi connectivity index (χ1n) is 23.9. The molecule has 1 aliphatic rings. The van der Waals surface area contributed by atoms with Crippen LogP contribution in [0.5, 0.6) is 0 Å². The average molecular weight is 777 g/mol. The maximum absolute atomic E-state index is 12.7. The SMILES string of the molecule is CC(C)C(=O)CCC(=O)OC[C@H]1COC(=O)CCCCCCCCCCCCCCCCCCCCCCCCCCCCCCCCCCCCC(=O)O1. The van der Waals surface area contributed by atoms with Gasteiger partial charge in [-0.05, 0) is 12.8 Å². The molecular formula is C48H88O7. The molecule has 0 saturated carbocycles. The first-order chi connectivity index (χ1) is 26.9. The van der Waals surface area contributed by atoms with Crippen molar-refractivity contribution in [2.24, 2.45) is 5.92 Å². The first-order valence-corrected chi connectivity index (χ1v) is 23.9. The van der Waals surface area contributed by atoms with Crippen LogP contribution < -0.4 is 0 Å². The van der Waals surface area contributed by atoms with E-state index in [4.69, 9.17) is 14.2 Å². The van der Waals surface area contributed by atoms with E-state index in [0.717, 1.165) is 38.5 Å². The topological polar surface area (TPSA) is 96.0 Å². The van der Waals surface area contributed by atoms with Gasteiger partial charge in [0.05, 0.1) is 6.42 Å². The first kappa shape index (κ1) is 51.1. The normalized spacial score (nSPS) is 22.2. The highest BCUT2D eigenvalue weighted by Gasteiger charge is 2.20. The predicted octanol–water partition coefficient (Wildman–Crippen LogP) is 14.0. The van der Waals surface area contributed by atoms with E-state index in [0.29, 0.717) is 12.8 Å². The largest absolute Gasteiger partial charge is 0.462 e. The minimum absolute atomic E-state index is 0.00294. The number of rotatable bonds is 6. The van der Waals surface area contributed by atoms with Crippen LogP contribution in [0, 0.1) is 5.92 Å². The number of carbonyl (C=O) groups excluding carboxylic acids is 4. The predicted molar refractivity (Wildman–Crippen MR) is 227 cm³/mol. The van der Waals surface area contributed by atoms with Crippen molar-refractivity contribution in [3.8, 4) is 0 Å². The molecule has 7 heteroatoms. The summed E-state index contributed by atoms with van der Waals surface area (Å²) in [7, 11) is 0. The van der Waals surface area contributed by atoms with Gasteiger partial charge in [-0.2, -0.15) is 0 Å². The monoisotopic (exact) mass is 777 g/mol. The lowest BCUT2D eigenvalue weighted by Crippen LogP contribution is -2.31. The number of esters is 3. The van der Waals surface area contributed by atoms with Gasteiger partial charge in [0, 0.05) is 25.2 Å². The van der Waals surface area contributed by atoms with Gasteiger partial charge in [0.25, 0.3) is 0 Å². The highest BCUT2D eigenvalue weighted by Crippen LogP contribution is 2.18. The highest BCUT2D eigenvalue weighted by atomic mass is 16.6. The van der Waals surface area contributed by atoms with E-state index >= 15 is 0 Å². The zero-order chi connectivity index (χ0) is 39.9. The van der Waals surface area contributed by atoms with Gasteiger partial charge in [-0.15, -0.1) is 0 Å². The lowest BCUT2D eigenvalue weighted by molar-refractivity contribution is -0.167. The number of hydrogen-bond acceptors (Lipinski definition) is 7. The van der Waals surface area contributed by atoms with E-state index in [1.807, 2.05) is 0 Å². The van der Waals surface area contributed by atoms with Gasteiger partial charge in [-0.3, -0.25) is 19.2 Å². The van der Waals surface area contributed by atoms with E-state index in [2.05, 4.69) is 0 Å². The molecule has 0 N–H and O–H groups in total. The van der Waals surface area contributed by atoms with Gasteiger partial charge < -0.3 is 14.2 Å². The van der Waals surface area contributed by atoms with Crippen LogP contribution in [-0.4, -0.2) is 43.0 Å². The van der Waals surface area contributed by atoms with Crippen LogP contribution in [0.4, 0.5) is 0 Å². The summed E-state index contributed by atoms with van der Waals surface area (Å²) in [5.41, 5.74) is 0. The molecule has 1 rings (SSSR count). The van der Waals surface area contributed by atoms with Crippen molar-refractivity contribution in [2.45, 2.75) is 264 Å². The van der Waals surface area contributed by atoms with Crippen LogP contribution in [0.3, 0.4) is 0 Å². The second kappa shape index (κ2) is 38.9. The van der Waals surface area contributed by atoms with Crippen molar-refractivity contribution in [2.75, 3.05) is 13.2 Å². The van der Waals surface area contributed by atoms with Gasteiger partial charge in [-0.1, -0.05) is 219 Å². The summed E-state index contributed by atoms with van der Waals surface area (Å²) in [5, 5.41) is 0. The summed E-state index contributed by atoms with van der Waals surface area (Å²) in [4.78, 5) is 49.4. The van der Waals surface area contributed by atoms with E-state index in [1.54, 1.807) is 13.8 Å². The molecule has 0 amide bonds. The fraction of sp³-hybridized carbons (Fsp3) is 0.917. The Morgan fingerprint density at radius 1 is 0.473 bits per heavy atom. The molecular weight excluding hydrogens is 689 g/mol. The third kappa shape index (κ3) is 36.2. The zero-order valence-electron chi connectivity index (χ0n) is 36.3. The molecule has 1 aliphatic heterocycles. The molecule has 0 unspecified atom stereocenters. The second-order valence-corrected chi connectivity index (χ2v) is 17.1. The van der Waals surface area contributed by atoms with Crippen molar-refractivity contribution in [3.05, 3.63) is 0 Å². The highest BCUT2D eigenvalue weighted by molar-refractivity contribution is 5.84. The number of hydrogen-bond donors (Lipinski definition) is 0. The molecule has 1 fully saturated rings. The molecule has 0 aliphatic carbocycles. The van der Waals surface area contributed by atoms with E-state index in [9.17, 15) is 19.2 Å². The summed E-state index contributed by atoms with van der Waals surface area (Å²) in [6, 6.07) is 0. The van der Waals surface area contributed by atoms with Gasteiger partial charge in [0.2, 0.25) is 0 Å². The molecule has 0 radical (unpaired) electrons. The Hall–Kier alpha value is -1.92. The van der Waals surface area contributed by atoms with Crippen LogP contribution in [0.1, 0.15) is 258 Å². The van der Waals surface area contributed by atoms with Crippen molar-refractivity contribution in [3.63, 3.8) is 0 Å².